The Morgan fingerprint density at radius 2 is 1.72 bits per heavy atom. The number of benzene rings is 2. The number of carbonyl (C=O) groups excluding carboxylic acids is 1. The van der Waals surface area contributed by atoms with Crippen LogP contribution in [0.2, 0.25) is 0 Å². The molecule has 0 bridgehead atoms. The molecule has 146 valence electrons. The second-order valence-electron chi connectivity index (χ2n) is 6.64. The molecule has 7 nitrogen and oxygen atoms in total. The molecule has 4 aromatic rings. The lowest BCUT2D eigenvalue weighted by Crippen LogP contribution is -2.21. The first-order valence-electron chi connectivity index (χ1n) is 9.05. The van der Waals surface area contributed by atoms with Gasteiger partial charge in [-0.1, -0.05) is 31.2 Å². The average Bonchev–Trinajstić information content (AvgIpc) is 2.98. The van der Waals surface area contributed by atoms with Crippen LogP contribution in [-0.4, -0.2) is 25.0 Å². The zero-order valence-corrected chi connectivity index (χ0v) is 15.9. The van der Waals surface area contributed by atoms with Gasteiger partial charge in [0.1, 0.15) is 11.3 Å². The number of aromatic nitrogens is 4. The Labute approximate surface area is 165 Å². The molecule has 0 unspecified atom stereocenters. The van der Waals surface area contributed by atoms with Crippen molar-refractivity contribution in [1.29, 1.82) is 0 Å². The maximum absolute atomic E-state index is 13.4. The fourth-order valence-corrected chi connectivity index (χ4v) is 3.26. The van der Waals surface area contributed by atoms with E-state index in [9.17, 15) is 14.0 Å². The Balaban J connectivity index is 2.05. The highest BCUT2D eigenvalue weighted by Gasteiger charge is 2.22. The number of hydrogen-bond donors (Lipinski definition) is 1. The molecule has 0 aliphatic carbocycles. The molecule has 0 spiro atoms. The van der Waals surface area contributed by atoms with Gasteiger partial charge in [0.2, 0.25) is 0 Å². The highest BCUT2D eigenvalue weighted by atomic mass is 19.1. The van der Waals surface area contributed by atoms with Gasteiger partial charge in [0, 0.05) is 12.6 Å². The average molecular weight is 391 g/mol. The number of aryl methyl sites for hydroxylation is 2. The van der Waals surface area contributed by atoms with Crippen molar-refractivity contribution in [3.63, 3.8) is 0 Å². The van der Waals surface area contributed by atoms with Crippen molar-refractivity contribution in [1.82, 2.24) is 19.1 Å². The predicted molar refractivity (Wildman–Crippen MR) is 107 cm³/mol. The molecule has 0 atom stereocenters. The van der Waals surface area contributed by atoms with Gasteiger partial charge in [-0.3, -0.25) is 9.36 Å². The van der Waals surface area contributed by atoms with Crippen LogP contribution in [0.25, 0.3) is 28.2 Å². The zero-order valence-electron chi connectivity index (χ0n) is 15.9. The first-order valence-corrected chi connectivity index (χ1v) is 9.05. The molecule has 2 heterocycles. The van der Waals surface area contributed by atoms with Crippen molar-refractivity contribution in [2.75, 3.05) is 0 Å². The standard InChI is InChI=1S/C21H18FN5O2/c1-3-12-4-6-13(7-5-12)19-24-16(18(23)28)17-20(25-19)27(21(29)26(17)2)15-10-8-14(22)9-11-15/h4-11H,3H2,1-2H3,(H2,23,28). The number of imidazole rings is 1. The van der Waals surface area contributed by atoms with E-state index in [4.69, 9.17) is 5.73 Å². The van der Waals surface area contributed by atoms with Crippen LogP contribution in [0.3, 0.4) is 0 Å². The fraction of sp³-hybridized carbons (Fsp3) is 0.143. The first kappa shape index (κ1) is 18.5. The number of amides is 1. The van der Waals surface area contributed by atoms with E-state index in [1.807, 2.05) is 31.2 Å². The summed E-state index contributed by atoms with van der Waals surface area (Å²) in [4.78, 5) is 33.9. The van der Waals surface area contributed by atoms with Crippen LogP contribution in [0.5, 0.6) is 0 Å². The maximum atomic E-state index is 13.4. The van der Waals surface area contributed by atoms with Crippen molar-refractivity contribution in [3.8, 4) is 17.1 Å². The molecular weight excluding hydrogens is 373 g/mol. The molecule has 0 saturated carbocycles. The minimum Gasteiger partial charge on any atom is -0.364 e. The summed E-state index contributed by atoms with van der Waals surface area (Å²) in [6.07, 6.45) is 0.884. The third-order valence-electron chi connectivity index (χ3n) is 4.83. The van der Waals surface area contributed by atoms with Gasteiger partial charge in [0.25, 0.3) is 5.91 Å². The molecule has 1 amide bonds. The van der Waals surface area contributed by atoms with Gasteiger partial charge in [0.05, 0.1) is 5.69 Å². The van der Waals surface area contributed by atoms with Crippen LogP contribution in [-0.2, 0) is 13.5 Å². The van der Waals surface area contributed by atoms with E-state index >= 15 is 0 Å². The van der Waals surface area contributed by atoms with Crippen molar-refractivity contribution in [2.24, 2.45) is 12.8 Å². The van der Waals surface area contributed by atoms with Crippen molar-refractivity contribution >= 4 is 17.1 Å². The molecule has 0 aliphatic heterocycles. The molecular formula is C21H18FN5O2. The van der Waals surface area contributed by atoms with Gasteiger partial charge in [-0.2, -0.15) is 0 Å². The van der Waals surface area contributed by atoms with Crippen molar-refractivity contribution in [2.45, 2.75) is 13.3 Å². The SMILES string of the molecule is CCc1ccc(-c2nc(C(N)=O)c3c(n2)n(-c2ccc(F)cc2)c(=O)n3C)cc1. The third-order valence-corrected chi connectivity index (χ3v) is 4.83. The summed E-state index contributed by atoms with van der Waals surface area (Å²) >= 11 is 0. The van der Waals surface area contributed by atoms with Crippen molar-refractivity contribution < 1.29 is 9.18 Å². The summed E-state index contributed by atoms with van der Waals surface area (Å²) in [7, 11) is 1.51. The Hall–Kier alpha value is -3.81. The zero-order chi connectivity index (χ0) is 20.7. The molecule has 2 aromatic carbocycles. The van der Waals surface area contributed by atoms with Gasteiger partial charge in [-0.05, 0) is 36.2 Å². The highest BCUT2D eigenvalue weighted by Crippen LogP contribution is 2.23. The monoisotopic (exact) mass is 391 g/mol. The van der Waals surface area contributed by atoms with Crippen LogP contribution >= 0.6 is 0 Å². The van der Waals surface area contributed by atoms with E-state index in [1.165, 1.54) is 40.4 Å². The normalized spacial score (nSPS) is 11.1. The second kappa shape index (κ2) is 6.97. The summed E-state index contributed by atoms with van der Waals surface area (Å²) in [6, 6.07) is 13.1. The number of nitrogens with two attached hydrogens (primary N) is 1. The van der Waals surface area contributed by atoms with E-state index in [1.54, 1.807) is 0 Å². The van der Waals surface area contributed by atoms with E-state index in [-0.39, 0.29) is 22.7 Å². The Bertz CT molecular complexity index is 1290. The van der Waals surface area contributed by atoms with Crippen molar-refractivity contribution in [3.05, 3.63) is 76.1 Å². The fourth-order valence-electron chi connectivity index (χ4n) is 3.26. The summed E-state index contributed by atoms with van der Waals surface area (Å²) in [5.41, 5.74) is 7.76. The Kier molecular flexibility index (Phi) is 4.46. The lowest BCUT2D eigenvalue weighted by molar-refractivity contribution is 0.0997. The van der Waals surface area contributed by atoms with Crippen LogP contribution in [0, 0.1) is 5.82 Å². The topological polar surface area (TPSA) is 95.8 Å². The van der Waals surface area contributed by atoms with E-state index in [2.05, 4.69) is 9.97 Å². The second-order valence-corrected chi connectivity index (χ2v) is 6.64. The minimum absolute atomic E-state index is 0.0509. The van der Waals surface area contributed by atoms with E-state index in [0.717, 1.165) is 12.0 Å². The lowest BCUT2D eigenvalue weighted by Gasteiger charge is -2.07. The predicted octanol–water partition coefficient (Wildman–Crippen LogP) is 2.59. The molecule has 2 aromatic heterocycles. The molecule has 0 aliphatic rings. The molecule has 4 rings (SSSR count). The smallest absolute Gasteiger partial charge is 0.334 e. The number of halogens is 1. The molecule has 0 fully saturated rings. The molecule has 29 heavy (non-hydrogen) atoms. The summed E-state index contributed by atoms with van der Waals surface area (Å²) in [5, 5.41) is 0. The van der Waals surface area contributed by atoms with Gasteiger partial charge in [-0.15, -0.1) is 0 Å². The van der Waals surface area contributed by atoms with E-state index < -0.39 is 17.4 Å². The van der Waals surface area contributed by atoms with Gasteiger partial charge >= 0.3 is 5.69 Å². The van der Waals surface area contributed by atoms with Gasteiger partial charge < -0.3 is 5.73 Å². The van der Waals surface area contributed by atoms with Crippen LogP contribution in [0.4, 0.5) is 4.39 Å². The summed E-state index contributed by atoms with van der Waals surface area (Å²) < 4.78 is 15.9. The number of nitrogens with zero attached hydrogens (tertiary/aromatic N) is 4. The number of rotatable bonds is 4. The maximum Gasteiger partial charge on any atom is 0.334 e. The largest absolute Gasteiger partial charge is 0.364 e. The van der Waals surface area contributed by atoms with Crippen LogP contribution in [0.15, 0.2) is 53.3 Å². The minimum atomic E-state index is -0.768. The third kappa shape index (κ3) is 3.08. The number of carbonyl (C=O) groups is 1. The van der Waals surface area contributed by atoms with E-state index in [0.29, 0.717) is 11.3 Å². The molecule has 0 saturated heterocycles. The number of fused-ring (bicyclic) bond motifs is 1. The summed E-state index contributed by atoms with van der Waals surface area (Å²) in [6.45, 7) is 2.05. The molecule has 0 radical (unpaired) electrons. The van der Waals surface area contributed by atoms with Gasteiger partial charge in [-0.25, -0.2) is 23.7 Å². The molecule has 2 N–H and O–H groups in total. The highest BCUT2D eigenvalue weighted by molar-refractivity contribution is 6.02. The van der Waals surface area contributed by atoms with Gasteiger partial charge in [0.15, 0.2) is 17.2 Å². The van der Waals surface area contributed by atoms with Crippen LogP contribution < -0.4 is 11.4 Å². The lowest BCUT2D eigenvalue weighted by atomic mass is 10.1. The summed E-state index contributed by atoms with van der Waals surface area (Å²) in [5.74, 6) is -0.919. The van der Waals surface area contributed by atoms with Crippen LogP contribution in [0.1, 0.15) is 23.0 Å². The quantitative estimate of drug-likeness (QED) is 0.578. The number of hydrogen-bond acceptors (Lipinski definition) is 4. The number of primary amides is 1. The molecule has 8 heteroatoms. The Morgan fingerprint density at radius 1 is 1.07 bits per heavy atom. The first-order chi connectivity index (χ1) is 13.9. The Morgan fingerprint density at radius 3 is 2.31 bits per heavy atom.